The zero-order valence-corrected chi connectivity index (χ0v) is 13.6. The van der Waals surface area contributed by atoms with E-state index in [1.165, 1.54) is 0 Å². The lowest BCUT2D eigenvalue weighted by atomic mass is 10.1. The van der Waals surface area contributed by atoms with Crippen LogP contribution in [0.4, 0.5) is 0 Å². The van der Waals surface area contributed by atoms with Gasteiger partial charge in [0, 0.05) is 18.7 Å². The summed E-state index contributed by atoms with van der Waals surface area (Å²) in [4.78, 5) is 23.9. The molecule has 2 aromatic rings. The molecule has 120 valence electrons. The molecule has 0 saturated heterocycles. The molecule has 0 heterocycles. The monoisotopic (exact) mass is 310 g/mol. The van der Waals surface area contributed by atoms with Crippen LogP contribution in [0.5, 0.6) is 0 Å². The molecule has 0 spiro atoms. The van der Waals surface area contributed by atoms with Crippen molar-refractivity contribution in [3.8, 4) is 0 Å². The highest BCUT2D eigenvalue weighted by molar-refractivity contribution is 5.94. The van der Waals surface area contributed by atoms with Gasteiger partial charge in [-0.05, 0) is 42.7 Å². The van der Waals surface area contributed by atoms with Crippen LogP contribution in [0.25, 0.3) is 0 Å². The smallest absolute Gasteiger partial charge is 0.251 e. The summed E-state index contributed by atoms with van der Waals surface area (Å²) in [6.07, 6.45) is 0.364. The number of benzene rings is 2. The van der Waals surface area contributed by atoms with Crippen molar-refractivity contribution in [2.75, 3.05) is 6.54 Å². The molecule has 0 aliphatic carbocycles. The van der Waals surface area contributed by atoms with Gasteiger partial charge in [-0.2, -0.15) is 0 Å². The fourth-order valence-corrected chi connectivity index (χ4v) is 2.33. The second-order valence-corrected chi connectivity index (χ2v) is 5.44. The highest BCUT2D eigenvalue weighted by Crippen LogP contribution is 2.08. The summed E-state index contributed by atoms with van der Waals surface area (Å²) >= 11 is 0. The van der Waals surface area contributed by atoms with Gasteiger partial charge < -0.3 is 10.6 Å². The van der Waals surface area contributed by atoms with Crippen molar-refractivity contribution in [1.29, 1.82) is 0 Å². The van der Waals surface area contributed by atoms with Crippen molar-refractivity contribution in [1.82, 2.24) is 10.6 Å². The van der Waals surface area contributed by atoms with Crippen LogP contribution in [0.1, 0.15) is 34.0 Å². The van der Waals surface area contributed by atoms with Crippen molar-refractivity contribution in [3.05, 3.63) is 70.8 Å². The summed E-state index contributed by atoms with van der Waals surface area (Å²) in [5, 5.41) is 5.67. The highest BCUT2D eigenvalue weighted by atomic mass is 16.2. The third-order valence-corrected chi connectivity index (χ3v) is 3.63. The molecule has 0 atom stereocenters. The summed E-state index contributed by atoms with van der Waals surface area (Å²) in [7, 11) is 0. The molecule has 2 amide bonds. The first-order valence-electron chi connectivity index (χ1n) is 7.78. The van der Waals surface area contributed by atoms with Crippen molar-refractivity contribution in [2.24, 2.45) is 0 Å². The predicted octanol–water partition coefficient (Wildman–Crippen LogP) is 2.60. The SMILES string of the molecule is CCNC(=O)c1cccc(CNC(=O)Cc2ccccc2C)c1. The number of carbonyl (C=O) groups is 2. The van der Waals surface area contributed by atoms with E-state index >= 15 is 0 Å². The Morgan fingerprint density at radius 1 is 1.00 bits per heavy atom. The Morgan fingerprint density at radius 2 is 1.78 bits per heavy atom. The third kappa shape index (κ3) is 4.95. The van der Waals surface area contributed by atoms with Gasteiger partial charge in [0.15, 0.2) is 0 Å². The average molecular weight is 310 g/mol. The van der Waals surface area contributed by atoms with E-state index in [9.17, 15) is 9.59 Å². The topological polar surface area (TPSA) is 58.2 Å². The van der Waals surface area contributed by atoms with Crippen molar-refractivity contribution < 1.29 is 9.59 Å². The van der Waals surface area contributed by atoms with Crippen molar-refractivity contribution in [2.45, 2.75) is 26.8 Å². The summed E-state index contributed by atoms with van der Waals surface area (Å²) in [6, 6.07) is 15.2. The van der Waals surface area contributed by atoms with E-state index in [-0.39, 0.29) is 11.8 Å². The zero-order chi connectivity index (χ0) is 16.7. The number of aryl methyl sites for hydroxylation is 1. The number of amides is 2. The molecule has 2 aromatic carbocycles. The fraction of sp³-hybridized carbons (Fsp3) is 0.263. The Labute approximate surface area is 136 Å². The maximum absolute atomic E-state index is 12.1. The molecule has 0 aliphatic heterocycles. The van der Waals surface area contributed by atoms with Gasteiger partial charge in [0.1, 0.15) is 0 Å². The van der Waals surface area contributed by atoms with Crippen LogP contribution in [-0.4, -0.2) is 18.4 Å². The van der Waals surface area contributed by atoms with Crippen LogP contribution in [0.2, 0.25) is 0 Å². The van der Waals surface area contributed by atoms with E-state index in [4.69, 9.17) is 0 Å². The van der Waals surface area contributed by atoms with Crippen LogP contribution < -0.4 is 10.6 Å². The standard InChI is InChI=1S/C19H22N2O2/c1-3-20-19(23)17-10-6-8-15(11-17)13-21-18(22)12-16-9-5-4-7-14(16)2/h4-11H,3,12-13H2,1-2H3,(H,20,23)(H,21,22). The maximum atomic E-state index is 12.1. The molecule has 4 nitrogen and oxygen atoms in total. The fourth-order valence-electron chi connectivity index (χ4n) is 2.33. The van der Waals surface area contributed by atoms with E-state index in [2.05, 4.69) is 10.6 Å². The van der Waals surface area contributed by atoms with Gasteiger partial charge in [-0.1, -0.05) is 36.4 Å². The Kier molecular flexibility index (Phi) is 5.92. The first kappa shape index (κ1) is 16.7. The van der Waals surface area contributed by atoms with Gasteiger partial charge in [0.2, 0.25) is 5.91 Å². The molecular weight excluding hydrogens is 288 g/mol. The van der Waals surface area contributed by atoms with E-state index in [0.717, 1.165) is 16.7 Å². The first-order chi connectivity index (χ1) is 11.1. The van der Waals surface area contributed by atoms with Gasteiger partial charge >= 0.3 is 0 Å². The predicted molar refractivity (Wildman–Crippen MR) is 91.2 cm³/mol. The summed E-state index contributed by atoms with van der Waals surface area (Å²) in [5.41, 5.74) is 3.66. The number of nitrogens with one attached hydrogen (secondary N) is 2. The zero-order valence-electron chi connectivity index (χ0n) is 13.6. The summed E-state index contributed by atoms with van der Waals surface area (Å²) in [6.45, 7) is 4.89. The Hall–Kier alpha value is -2.62. The minimum absolute atomic E-state index is 0.0253. The van der Waals surface area contributed by atoms with Gasteiger partial charge in [-0.3, -0.25) is 9.59 Å². The van der Waals surface area contributed by atoms with Crippen LogP contribution in [0.15, 0.2) is 48.5 Å². The minimum Gasteiger partial charge on any atom is -0.352 e. The van der Waals surface area contributed by atoms with Crippen molar-refractivity contribution in [3.63, 3.8) is 0 Å². The molecule has 0 aromatic heterocycles. The lowest BCUT2D eigenvalue weighted by molar-refractivity contribution is -0.120. The van der Waals surface area contributed by atoms with Gasteiger partial charge in [-0.25, -0.2) is 0 Å². The van der Waals surface area contributed by atoms with Gasteiger partial charge in [0.25, 0.3) is 5.91 Å². The summed E-state index contributed by atoms with van der Waals surface area (Å²) in [5.74, 6) is -0.122. The molecular formula is C19H22N2O2. The second kappa shape index (κ2) is 8.13. The molecule has 0 bridgehead atoms. The molecule has 0 unspecified atom stereocenters. The lowest BCUT2D eigenvalue weighted by Crippen LogP contribution is -2.25. The lowest BCUT2D eigenvalue weighted by Gasteiger charge is -2.09. The molecule has 0 aliphatic rings. The average Bonchev–Trinajstić information content (AvgIpc) is 2.56. The molecule has 2 rings (SSSR count). The maximum Gasteiger partial charge on any atom is 0.251 e. The highest BCUT2D eigenvalue weighted by Gasteiger charge is 2.07. The second-order valence-electron chi connectivity index (χ2n) is 5.44. The largest absolute Gasteiger partial charge is 0.352 e. The van der Waals surface area contributed by atoms with E-state index in [1.807, 2.05) is 50.2 Å². The molecule has 4 heteroatoms. The normalized spacial score (nSPS) is 10.2. The number of rotatable bonds is 6. The van der Waals surface area contributed by atoms with E-state index in [0.29, 0.717) is 25.1 Å². The van der Waals surface area contributed by atoms with Crippen molar-refractivity contribution >= 4 is 11.8 Å². The molecule has 0 fully saturated rings. The molecule has 2 N–H and O–H groups in total. The molecule has 0 radical (unpaired) electrons. The first-order valence-corrected chi connectivity index (χ1v) is 7.78. The summed E-state index contributed by atoms with van der Waals surface area (Å²) < 4.78 is 0. The number of hydrogen-bond donors (Lipinski definition) is 2. The van der Waals surface area contributed by atoms with Crippen LogP contribution in [0.3, 0.4) is 0 Å². The van der Waals surface area contributed by atoms with Crippen LogP contribution in [0, 0.1) is 6.92 Å². The van der Waals surface area contributed by atoms with E-state index in [1.54, 1.807) is 12.1 Å². The molecule has 23 heavy (non-hydrogen) atoms. The van der Waals surface area contributed by atoms with Gasteiger partial charge in [-0.15, -0.1) is 0 Å². The Morgan fingerprint density at radius 3 is 2.52 bits per heavy atom. The quantitative estimate of drug-likeness (QED) is 0.861. The van der Waals surface area contributed by atoms with E-state index < -0.39 is 0 Å². The molecule has 0 saturated carbocycles. The van der Waals surface area contributed by atoms with Crippen LogP contribution >= 0.6 is 0 Å². The third-order valence-electron chi connectivity index (χ3n) is 3.63. The minimum atomic E-state index is -0.0967. The number of carbonyl (C=O) groups excluding carboxylic acids is 2. The number of hydrogen-bond acceptors (Lipinski definition) is 2. The Bertz CT molecular complexity index is 695. The Balaban J connectivity index is 1.93. The van der Waals surface area contributed by atoms with Gasteiger partial charge in [0.05, 0.1) is 6.42 Å². The van der Waals surface area contributed by atoms with Crippen LogP contribution in [-0.2, 0) is 17.8 Å².